The zero-order valence-corrected chi connectivity index (χ0v) is 13.6. The number of carbonyl (C=O) groups is 1. The first-order chi connectivity index (χ1) is 11.0. The van der Waals surface area contributed by atoms with Crippen molar-refractivity contribution >= 4 is 11.7 Å². The van der Waals surface area contributed by atoms with E-state index in [1.165, 1.54) is 12.4 Å². The minimum absolute atomic E-state index is 0.0984. The third-order valence-corrected chi connectivity index (χ3v) is 3.53. The number of hydrogen-bond donors (Lipinski definition) is 2. The summed E-state index contributed by atoms with van der Waals surface area (Å²) in [6, 6.07) is 3.45. The van der Waals surface area contributed by atoms with Crippen LogP contribution in [0.25, 0.3) is 0 Å². The Morgan fingerprint density at radius 1 is 1.17 bits per heavy atom. The number of nitrogen functional groups attached to an aromatic ring is 1. The lowest BCUT2D eigenvalue weighted by atomic mass is 10.0. The van der Waals surface area contributed by atoms with Gasteiger partial charge in [0.15, 0.2) is 23.0 Å². The van der Waals surface area contributed by atoms with Crippen molar-refractivity contribution in [3.05, 3.63) is 41.3 Å². The molecule has 0 spiro atoms. The summed E-state index contributed by atoms with van der Waals surface area (Å²) in [5.74, 6) is 0.970. The fraction of sp³-hybridized carbons (Fsp3) is 0.312. The number of methoxy groups -OCH3 is 2. The molecule has 1 amide bonds. The molecule has 0 fully saturated rings. The van der Waals surface area contributed by atoms with E-state index in [1.54, 1.807) is 14.2 Å². The average Bonchev–Trinajstić information content (AvgIpc) is 2.54. The van der Waals surface area contributed by atoms with Crippen molar-refractivity contribution in [2.24, 2.45) is 0 Å². The molecule has 7 nitrogen and oxygen atoms in total. The Bertz CT molecular complexity index is 718. The lowest BCUT2D eigenvalue weighted by molar-refractivity contribution is 0.0935. The van der Waals surface area contributed by atoms with Crippen LogP contribution >= 0.6 is 0 Å². The second-order valence-electron chi connectivity index (χ2n) is 5.05. The van der Waals surface area contributed by atoms with Gasteiger partial charge in [0.1, 0.15) is 0 Å². The highest BCUT2D eigenvalue weighted by Crippen LogP contribution is 2.32. The maximum atomic E-state index is 12.3. The molecule has 0 unspecified atom stereocenters. The predicted octanol–water partition coefficient (Wildman–Crippen LogP) is 1.88. The quantitative estimate of drug-likeness (QED) is 0.873. The normalized spacial score (nSPS) is 11.7. The topological polar surface area (TPSA) is 99.4 Å². The third kappa shape index (κ3) is 3.50. The van der Waals surface area contributed by atoms with Gasteiger partial charge in [-0.1, -0.05) is 0 Å². The highest BCUT2D eigenvalue weighted by Gasteiger charge is 2.18. The number of carbonyl (C=O) groups excluding carboxylic acids is 1. The Morgan fingerprint density at radius 2 is 1.78 bits per heavy atom. The monoisotopic (exact) mass is 316 g/mol. The van der Waals surface area contributed by atoms with Gasteiger partial charge >= 0.3 is 0 Å². The Balaban J connectivity index is 2.25. The van der Waals surface area contributed by atoms with Crippen molar-refractivity contribution < 1.29 is 14.3 Å². The summed E-state index contributed by atoms with van der Waals surface area (Å²) in [7, 11) is 3.15. The van der Waals surface area contributed by atoms with Gasteiger partial charge < -0.3 is 20.5 Å². The Morgan fingerprint density at radius 3 is 2.39 bits per heavy atom. The van der Waals surface area contributed by atoms with Gasteiger partial charge in [0.25, 0.3) is 5.91 Å². The molecule has 1 aromatic carbocycles. The molecule has 0 radical (unpaired) electrons. The second-order valence-corrected chi connectivity index (χ2v) is 5.05. The molecule has 0 saturated carbocycles. The first-order valence-corrected chi connectivity index (χ1v) is 7.07. The number of anilines is 1. The zero-order valence-electron chi connectivity index (χ0n) is 13.6. The van der Waals surface area contributed by atoms with Crippen molar-refractivity contribution in [2.75, 3.05) is 20.0 Å². The molecule has 2 aromatic rings. The van der Waals surface area contributed by atoms with Gasteiger partial charge in [-0.15, -0.1) is 0 Å². The number of nitrogens with one attached hydrogen (secondary N) is 1. The number of ether oxygens (including phenoxy) is 2. The Hall–Kier alpha value is -2.83. The summed E-state index contributed by atoms with van der Waals surface area (Å²) in [4.78, 5) is 20.1. The Kier molecular flexibility index (Phi) is 5.00. The number of nitrogens with zero attached hydrogens (tertiary/aromatic N) is 2. The van der Waals surface area contributed by atoms with E-state index in [0.29, 0.717) is 11.5 Å². The van der Waals surface area contributed by atoms with Crippen molar-refractivity contribution in [1.82, 2.24) is 15.3 Å². The maximum Gasteiger partial charge on any atom is 0.274 e. The molecule has 7 heteroatoms. The standard InChI is InChI=1S/C16H20N4O3/c1-9-7-12(22-3)13(23-4)8-11(9)10(2)20-16(21)14-15(17)19-6-5-18-14/h5-8,10H,1-4H3,(H2,17,19)(H,20,21)/t10-/m0/s1. The average molecular weight is 316 g/mol. The van der Waals surface area contributed by atoms with Gasteiger partial charge in [-0.3, -0.25) is 4.79 Å². The van der Waals surface area contributed by atoms with Crippen LogP contribution in [0.5, 0.6) is 11.5 Å². The molecule has 0 aliphatic rings. The van der Waals surface area contributed by atoms with Crippen LogP contribution in [0.4, 0.5) is 5.82 Å². The summed E-state index contributed by atoms with van der Waals surface area (Å²) in [5, 5.41) is 2.87. The lowest BCUT2D eigenvalue weighted by Gasteiger charge is -2.19. The van der Waals surface area contributed by atoms with E-state index in [0.717, 1.165) is 11.1 Å². The number of aryl methyl sites for hydroxylation is 1. The van der Waals surface area contributed by atoms with Crippen molar-refractivity contribution in [3.8, 4) is 11.5 Å². The number of aromatic nitrogens is 2. The van der Waals surface area contributed by atoms with Gasteiger partial charge in [0, 0.05) is 12.4 Å². The van der Waals surface area contributed by atoms with Gasteiger partial charge in [-0.05, 0) is 37.1 Å². The molecule has 3 N–H and O–H groups in total. The van der Waals surface area contributed by atoms with Crippen LogP contribution in [0, 0.1) is 6.92 Å². The second kappa shape index (κ2) is 6.95. The van der Waals surface area contributed by atoms with Crippen LogP contribution in [-0.2, 0) is 0 Å². The number of nitrogens with two attached hydrogens (primary N) is 1. The molecule has 0 bridgehead atoms. The van der Waals surface area contributed by atoms with Gasteiger partial charge in [0.05, 0.1) is 20.3 Å². The van der Waals surface area contributed by atoms with E-state index < -0.39 is 0 Å². The third-order valence-electron chi connectivity index (χ3n) is 3.53. The van der Waals surface area contributed by atoms with Crippen LogP contribution in [0.3, 0.4) is 0 Å². The van der Waals surface area contributed by atoms with E-state index in [2.05, 4.69) is 15.3 Å². The molecule has 1 atom stereocenters. The first-order valence-electron chi connectivity index (χ1n) is 7.07. The van der Waals surface area contributed by atoms with E-state index in [1.807, 2.05) is 26.0 Å². The largest absolute Gasteiger partial charge is 0.493 e. The molecule has 1 aromatic heterocycles. The molecular formula is C16H20N4O3. The lowest BCUT2D eigenvalue weighted by Crippen LogP contribution is -2.29. The number of amides is 1. The van der Waals surface area contributed by atoms with Crippen LogP contribution in [0.15, 0.2) is 24.5 Å². The Labute approximate surface area is 134 Å². The summed E-state index contributed by atoms with van der Waals surface area (Å²) in [6.07, 6.45) is 2.87. The summed E-state index contributed by atoms with van der Waals surface area (Å²) >= 11 is 0. The first kappa shape index (κ1) is 16.5. The summed E-state index contributed by atoms with van der Waals surface area (Å²) in [6.45, 7) is 3.81. The fourth-order valence-corrected chi connectivity index (χ4v) is 2.33. The fourth-order valence-electron chi connectivity index (χ4n) is 2.33. The molecule has 0 aliphatic carbocycles. The number of benzene rings is 1. The van der Waals surface area contributed by atoms with Gasteiger partial charge in [0.2, 0.25) is 0 Å². The molecular weight excluding hydrogens is 296 g/mol. The molecule has 0 aliphatic heterocycles. The molecule has 122 valence electrons. The smallest absolute Gasteiger partial charge is 0.274 e. The van der Waals surface area contributed by atoms with Gasteiger partial charge in [-0.2, -0.15) is 0 Å². The molecule has 23 heavy (non-hydrogen) atoms. The van der Waals surface area contributed by atoms with E-state index in [9.17, 15) is 4.79 Å². The molecule has 2 rings (SSSR count). The van der Waals surface area contributed by atoms with Crippen molar-refractivity contribution in [2.45, 2.75) is 19.9 Å². The number of rotatable bonds is 5. The molecule has 0 saturated heterocycles. The van der Waals surface area contributed by atoms with Gasteiger partial charge in [-0.25, -0.2) is 9.97 Å². The van der Waals surface area contributed by atoms with Crippen LogP contribution in [0.1, 0.15) is 34.6 Å². The number of hydrogen-bond acceptors (Lipinski definition) is 6. The van der Waals surface area contributed by atoms with E-state index in [-0.39, 0.29) is 23.5 Å². The molecule has 1 heterocycles. The van der Waals surface area contributed by atoms with Crippen LogP contribution in [0.2, 0.25) is 0 Å². The summed E-state index contributed by atoms with van der Waals surface area (Å²) < 4.78 is 10.6. The van der Waals surface area contributed by atoms with Crippen LogP contribution in [-0.4, -0.2) is 30.1 Å². The minimum Gasteiger partial charge on any atom is -0.493 e. The van der Waals surface area contributed by atoms with Crippen LogP contribution < -0.4 is 20.5 Å². The predicted molar refractivity (Wildman–Crippen MR) is 86.6 cm³/mol. The van der Waals surface area contributed by atoms with E-state index in [4.69, 9.17) is 15.2 Å². The zero-order chi connectivity index (χ0) is 17.0. The maximum absolute atomic E-state index is 12.3. The SMILES string of the molecule is COc1cc(C)c([C@H](C)NC(=O)c2nccnc2N)cc1OC. The van der Waals surface area contributed by atoms with Crippen molar-refractivity contribution in [3.63, 3.8) is 0 Å². The summed E-state index contributed by atoms with van der Waals surface area (Å²) in [5.41, 5.74) is 7.68. The van der Waals surface area contributed by atoms with Crippen molar-refractivity contribution in [1.29, 1.82) is 0 Å². The minimum atomic E-state index is -0.378. The highest BCUT2D eigenvalue weighted by atomic mass is 16.5. The highest BCUT2D eigenvalue weighted by molar-refractivity contribution is 5.96. The van der Waals surface area contributed by atoms with E-state index >= 15 is 0 Å².